The summed E-state index contributed by atoms with van der Waals surface area (Å²) < 4.78 is 0. The summed E-state index contributed by atoms with van der Waals surface area (Å²) in [5.41, 5.74) is 0. The Labute approximate surface area is 85.3 Å². The van der Waals surface area contributed by atoms with E-state index in [9.17, 15) is 4.79 Å². The van der Waals surface area contributed by atoms with Gasteiger partial charge < -0.3 is 5.32 Å². The average Bonchev–Trinajstić information content (AvgIpc) is 2.02. The van der Waals surface area contributed by atoms with Gasteiger partial charge in [0.15, 0.2) is 0 Å². The summed E-state index contributed by atoms with van der Waals surface area (Å²) in [6.07, 6.45) is 2.87. The topological polar surface area (TPSA) is 29.1 Å². The van der Waals surface area contributed by atoms with Gasteiger partial charge in [0, 0.05) is 7.05 Å². The van der Waals surface area contributed by atoms with Crippen molar-refractivity contribution in [1.82, 2.24) is 5.32 Å². The predicted molar refractivity (Wildman–Crippen MR) is 59.1 cm³/mol. The molecule has 12 heavy (non-hydrogen) atoms. The Kier molecular flexibility index (Phi) is 6.76. The summed E-state index contributed by atoms with van der Waals surface area (Å²) in [6.45, 7) is 2.05. The summed E-state index contributed by atoms with van der Waals surface area (Å²) in [4.78, 5) is 11.0. The minimum Gasteiger partial charge on any atom is -0.358 e. The highest BCUT2D eigenvalue weighted by molar-refractivity contribution is 7.81. The molecule has 0 rings (SSSR count). The van der Waals surface area contributed by atoms with Gasteiger partial charge in [-0.15, -0.1) is 0 Å². The molecule has 0 aromatic heterocycles. The third-order valence-electron chi connectivity index (χ3n) is 1.65. The van der Waals surface area contributed by atoms with E-state index in [1.54, 1.807) is 7.05 Å². The number of hydrogen-bond donors (Lipinski definition) is 3. The summed E-state index contributed by atoms with van der Waals surface area (Å²) in [5.74, 6) is 0.00477. The van der Waals surface area contributed by atoms with Crippen molar-refractivity contribution in [3.63, 3.8) is 0 Å². The lowest BCUT2D eigenvalue weighted by atomic mass is 10.1. The first-order chi connectivity index (χ1) is 5.57. The van der Waals surface area contributed by atoms with Crippen molar-refractivity contribution < 1.29 is 4.79 Å². The van der Waals surface area contributed by atoms with Crippen LogP contribution >= 0.6 is 25.3 Å². The Bertz CT molecular complexity index is 139. The lowest BCUT2D eigenvalue weighted by Gasteiger charge is -2.09. The van der Waals surface area contributed by atoms with E-state index in [0.717, 1.165) is 19.3 Å². The van der Waals surface area contributed by atoms with Gasteiger partial charge in [-0.2, -0.15) is 25.3 Å². The van der Waals surface area contributed by atoms with Crippen molar-refractivity contribution in [1.29, 1.82) is 0 Å². The molecule has 0 aromatic rings. The molecule has 0 saturated carbocycles. The lowest BCUT2D eigenvalue weighted by Crippen LogP contribution is -2.27. The zero-order valence-electron chi connectivity index (χ0n) is 7.58. The maximum atomic E-state index is 11.0. The number of amides is 1. The van der Waals surface area contributed by atoms with E-state index in [1.165, 1.54) is 0 Å². The van der Waals surface area contributed by atoms with Crippen LogP contribution in [0.5, 0.6) is 0 Å². The number of carbonyl (C=O) groups excluding carboxylic acids is 1. The first kappa shape index (κ1) is 12.2. The van der Waals surface area contributed by atoms with Crippen molar-refractivity contribution in [3.8, 4) is 0 Å². The molecule has 72 valence electrons. The second-order valence-corrected chi connectivity index (χ2v) is 4.41. The molecule has 1 N–H and O–H groups in total. The van der Waals surface area contributed by atoms with Crippen molar-refractivity contribution >= 4 is 31.2 Å². The number of thiol groups is 2. The molecule has 4 heteroatoms. The molecule has 0 aliphatic rings. The second-order valence-electron chi connectivity index (χ2n) is 2.91. The Balaban J connectivity index is 3.43. The van der Waals surface area contributed by atoms with Gasteiger partial charge in [0.25, 0.3) is 0 Å². The average molecular weight is 207 g/mol. The van der Waals surface area contributed by atoms with E-state index in [1.807, 2.05) is 0 Å². The highest BCUT2D eigenvalue weighted by Crippen LogP contribution is 2.11. The fourth-order valence-corrected chi connectivity index (χ4v) is 1.40. The quantitative estimate of drug-likeness (QED) is 0.586. The van der Waals surface area contributed by atoms with E-state index in [-0.39, 0.29) is 11.2 Å². The number of hydrogen-bond acceptors (Lipinski definition) is 3. The van der Waals surface area contributed by atoms with Gasteiger partial charge in [-0.25, -0.2) is 0 Å². The molecule has 0 aliphatic heterocycles. The Morgan fingerprint density at radius 3 is 2.42 bits per heavy atom. The number of nitrogens with one attached hydrogen (secondary N) is 1. The molecule has 0 spiro atoms. The van der Waals surface area contributed by atoms with Crippen LogP contribution in [-0.2, 0) is 4.79 Å². The maximum Gasteiger partial charge on any atom is 0.232 e. The first-order valence-electron chi connectivity index (χ1n) is 4.15. The van der Waals surface area contributed by atoms with Crippen LogP contribution in [0.15, 0.2) is 0 Å². The third kappa shape index (κ3) is 5.77. The molecular formula is C8H17NOS2. The molecule has 2 unspecified atom stereocenters. The standard InChI is InChI=1S/C8H17NOS2/c1-6(11)4-3-5-7(12)8(10)9-2/h6-7,11-12H,3-5H2,1-2H3,(H,9,10). The summed E-state index contributed by atoms with van der Waals surface area (Å²) in [7, 11) is 1.63. The normalized spacial score (nSPS) is 15.3. The lowest BCUT2D eigenvalue weighted by molar-refractivity contribution is -0.120. The molecule has 0 radical (unpaired) electrons. The van der Waals surface area contributed by atoms with Gasteiger partial charge in [-0.05, 0) is 18.1 Å². The summed E-state index contributed by atoms with van der Waals surface area (Å²) in [5, 5.41) is 2.82. The Hall–Kier alpha value is 0.170. The van der Waals surface area contributed by atoms with E-state index in [2.05, 4.69) is 37.5 Å². The molecule has 0 bridgehead atoms. The Morgan fingerprint density at radius 1 is 1.42 bits per heavy atom. The van der Waals surface area contributed by atoms with Crippen molar-refractivity contribution in [2.75, 3.05) is 7.05 Å². The van der Waals surface area contributed by atoms with Crippen LogP contribution < -0.4 is 5.32 Å². The van der Waals surface area contributed by atoms with E-state index >= 15 is 0 Å². The van der Waals surface area contributed by atoms with Crippen LogP contribution in [0.2, 0.25) is 0 Å². The number of carbonyl (C=O) groups is 1. The van der Waals surface area contributed by atoms with E-state index in [4.69, 9.17) is 0 Å². The van der Waals surface area contributed by atoms with E-state index in [0.29, 0.717) is 5.25 Å². The smallest absolute Gasteiger partial charge is 0.232 e. The fourth-order valence-electron chi connectivity index (χ4n) is 0.904. The fraction of sp³-hybridized carbons (Fsp3) is 0.875. The molecule has 2 atom stereocenters. The molecule has 0 aliphatic carbocycles. The van der Waals surface area contributed by atoms with Crippen LogP contribution in [0, 0.1) is 0 Å². The molecule has 0 heterocycles. The van der Waals surface area contributed by atoms with Crippen LogP contribution in [0.4, 0.5) is 0 Å². The van der Waals surface area contributed by atoms with Crippen molar-refractivity contribution in [2.24, 2.45) is 0 Å². The van der Waals surface area contributed by atoms with Crippen molar-refractivity contribution in [2.45, 2.75) is 36.7 Å². The van der Waals surface area contributed by atoms with Gasteiger partial charge in [-0.3, -0.25) is 4.79 Å². The predicted octanol–water partition coefficient (Wildman–Crippen LogP) is 1.52. The van der Waals surface area contributed by atoms with Crippen molar-refractivity contribution in [3.05, 3.63) is 0 Å². The van der Waals surface area contributed by atoms with Crippen LogP contribution in [0.1, 0.15) is 26.2 Å². The summed E-state index contributed by atoms with van der Waals surface area (Å²) in [6, 6.07) is 0. The summed E-state index contributed by atoms with van der Waals surface area (Å²) >= 11 is 8.42. The minimum absolute atomic E-state index is 0.00477. The molecule has 0 fully saturated rings. The maximum absolute atomic E-state index is 11.0. The van der Waals surface area contributed by atoms with Gasteiger partial charge in [0.2, 0.25) is 5.91 Å². The third-order valence-corrected chi connectivity index (χ3v) is 2.40. The molecule has 0 aromatic carbocycles. The SMILES string of the molecule is CNC(=O)C(S)CCCC(C)S. The molecular weight excluding hydrogens is 190 g/mol. The van der Waals surface area contributed by atoms with Crippen LogP contribution in [0.25, 0.3) is 0 Å². The zero-order chi connectivity index (χ0) is 9.56. The Morgan fingerprint density at radius 2 is 2.00 bits per heavy atom. The zero-order valence-corrected chi connectivity index (χ0v) is 9.37. The van der Waals surface area contributed by atoms with Gasteiger partial charge in [-0.1, -0.05) is 13.3 Å². The van der Waals surface area contributed by atoms with Crippen LogP contribution in [-0.4, -0.2) is 23.5 Å². The molecule has 1 amide bonds. The minimum atomic E-state index is -0.165. The first-order valence-corrected chi connectivity index (χ1v) is 5.19. The van der Waals surface area contributed by atoms with Gasteiger partial charge >= 0.3 is 0 Å². The highest BCUT2D eigenvalue weighted by atomic mass is 32.1. The van der Waals surface area contributed by atoms with Gasteiger partial charge in [0.1, 0.15) is 0 Å². The van der Waals surface area contributed by atoms with Gasteiger partial charge in [0.05, 0.1) is 5.25 Å². The second kappa shape index (κ2) is 6.66. The molecule has 0 saturated heterocycles. The monoisotopic (exact) mass is 207 g/mol. The largest absolute Gasteiger partial charge is 0.358 e. The molecule has 2 nitrogen and oxygen atoms in total. The highest BCUT2D eigenvalue weighted by Gasteiger charge is 2.11. The van der Waals surface area contributed by atoms with E-state index < -0.39 is 0 Å². The number of rotatable bonds is 5. The van der Waals surface area contributed by atoms with Crippen LogP contribution in [0.3, 0.4) is 0 Å².